The van der Waals surface area contributed by atoms with Crippen LogP contribution in [-0.2, 0) is 4.74 Å². The Bertz CT molecular complexity index is 870. The summed E-state index contributed by atoms with van der Waals surface area (Å²) in [5, 5.41) is 9.92. The Morgan fingerprint density at radius 1 is 1.48 bits per heavy atom. The van der Waals surface area contributed by atoms with Crippen LogP contribution in [-0.4, -0.2) is 41.9 Å². The highest BCUT2D eigenvalue weighted by Gasteiger charge is 2.21. The standard InChI is InChI=1S/C20H26N4O2S/c1-6-15(10-9-14(4)26-5)24(23-8-3)20(25)18-13-16-17(21-7-2)11-12-22-19(16)27-18/h6,8-14H,7H2,1-5H3,(H,21,22)/b10-9-,15-6+,23-8-. The number of anilines is 1. The Hall–Kier alpha value is -2.51. The van der Waals surface area contributed by atoms with E-state index in [1.165, 1.54) is 16.3 Å². The maximum Gasteiger partial charge on any atom is 0.288 e. The number of nitrogens with zero attached hydrogens (tertiary/aromatic N) is 3. The highest BCUT2D eigenvalue weighted by molar-refractivity contribution is 7.20. The summed E-state index contributed by atoms with van der Waals surface area (Å²) in [7, 11) is 1.64. The molecular weight excluding hydrogens is 360 g/mol. The molecule has 0 saturated carbocycles. The van der Waals surface area contributed by atoms with Crippen molar-refractivity contribution in [3.63, 3.8) is 0 Å². The molecule has 0 spiro atoms. The van der Waals surface area contributed by atoms with Crippen LogP contribution >= 0.6 is 11.3 Å². The van der Waals surface area contributed by atoms with E-state index in [-0.39, 0.29) is 12.0 Å². The Morgan fingerprint density at radius 3 is 2.89 bits per heavy atom. The van der Waals surface area contributed by atoms with Gasteiger partial charge in [0.15, 0.2) is 0 Å². The van der Waals surface area contributed by atoms with Gasteiger partial charge >= 0.3 is 0 Å². The van der Waals surface area contributed by atoms with Crippen LogP contribution in [0.25, 0.3) is 10.2 Å². The average Bonchev–Trinajstić information content (AvgIpc) is 3.12. The molecule has 2 aromatic rings. The molecule has 1 unspecified atom stereocenters. The van der Waals surface area contributed by atoms with Crippen molar-refractivity contribution < 1.29 is 9.53 Å². The van der Waals surface area contributed by atoms with Gasteiger partial charge in [-0.15, -0.1) is 11.3 Å². The number of carbonyl (C=O) groups is 1. The highest BCUT2D eigenvalue weighted by atomic mass is 32.1. The van der Waals surface area contributed by atoms with Crippen molar-refractivity contribution in [3.8, 4) is 0 Å². The lowest BCUT2D eigenvalue weighted by Gasteiger charge is -2.17. The van der Waals surface area contributed by atoms with Crippen molar-refractivity contribution in [2.75, 3.05) is 19.0 Å². The molecule has 1 atom stereocenters. The molecule has 0 aromatic carbocycles. The lowest BCUT2D eigenvalue weighted by molar-refractivity contribution is 0.0819. The van der Waals surface area contributed by atoms with E-state index in [0.29, 0.717) is 10.6 Å². The number of rotatable bonds is 8. The number of fused-ring (bicyclic) bond motifs is 1. The molecule has 27 heavy (non-hydrogen) atoms. The molecule has 0 aliphatic carbocycles. The lowest BCUT2D eigenvalue weighted by atomic mass is 10.2. The van der Waals surface area contributed by atoms with E-state index in [2.05, 4.69) is 15.4 Å². The van der Waals surface area contributed by atoms with Crippen molar-refractivity contribution in [3.05, 3.63) is 47.1 Å². The summed E-state index contributed by atoms with van der Waals surface area (Å²) in [4.78, 5) is 19.0. The molecule has 0 radical (unpaired) electrons. The number of aromatic nitrogens is 1. The second-order valence-electron chi connectivity index (χ2n) is 5.72. The molecule has 7 heteroatoms. The van der Waals surface area contributed by atoms with Crippen molar-refractivity contribution in [1.82, 2.24) is 9.99 Å². The average molecular weight is 387 g/mol. The SMILES string of the molecule is C/C=N\N(C(=O)c1cc2c(NCC)ccnc2s1)C(/C=C\C(C)OC)=C/C. The zero-order valence-electron chi connectivity index (χ0n) is 16.4. The van der Waals surface area contributed by atoms with Crippen LogP contribution in [0.1, 0.15) is 37.4 Å². The fraction of sp³-hybridized carbons (Fsp3) is 0.350. The molecular formula is C20H26N4O2S. The molecule has 1 N–H and O–H groups in total. The van der Waals surface area contributed by atoms with Gasteiger partial charge in [0.1, 0.15) is 4.83 Å². The third kappa shape index (κ3) is 5.02. The number of methoxy groups -OCH3 is 1. The number of carbonyl (C=O) groups excluding carboxylic acids is 1. The molecule has 0 aliphatic heterocycles. The maximum atomic E-state index is 13.2. The summed E-state index contributed by atoms with van der Waals surface area (Å²) in [6.07, 6.45) is 8.87. The van der Waals surface area contributed by atoms with Crippen LogP contribution in [0.3, 0.4) is 0 Å². The number of thiophene rings is 1. The minimum atomic E-state index is -0.193. The molecule has 2 heterocycles. The normalized spacial score (nSPS) is 13.6. The fourth-order valence-corrected chi connectivity index (χ4v) is 3.40. The summed E-state index contributed by atoms with van der Waals surface area (Å²) < 4.78 is 5.24. The van der Waals surface area contributed by atoms with E-state index in [1.54, 1.807) is 26.4 Å². The lowest BCUT2D eigenvalue weighted by Crippen LogP contribution is -2.24. The predicted molar refractivity (Wildman–Crippen MR) is 113 cm³/mol. The molecule has 2 rings (SSSR count). The third-order valence-corrected chi connectivity index (χ3v) is 4.92. The van der Waals surface area contributed by atoms with Crippen LogP contribution in [0.2, 0.25) is 0 Å². The van der Waals surface area contributed by atoms with Gasteiger partial charge in [-0.1, -0.05) is 12.2 Å². The van der Waals surface area contributed by atoms with Crippen molar-refractivity contribution in [1.29, 1.82) is 0 Å². The van der Waals surface area contributed by atoms with Crippen LogP contribution in [0.4, 0.5) is 5.69 Å². The molecule has 0 aliphatic rings. The van der Waals surface area contributed by atoms with Gasteiger partial charge in [-0.05, 0) is 45.9 Å². The quantitative estimate of drug-likeness (QED) is 0.407. The Kier molecular flexibility index (Phi) is 7.69. The first-order valence-corrected chi connectivity index (χ1v) is 9.70. The minimum absolute atomic E-state index is 0.0567. The van der Waals surface area contributed by atoms with Gasteiger partial charge in [-0.3, -0.25) is 4.79 Å². The molecule has 0 saturated heterocycles. The van der Waals surface area contributed by atoms with Crippen molar-refractivity contribution >= 4 is 39.4 Å². The molecule has 144 valence electrons. The zero-order valence-corrected chi connectivity index (χ0v) is 17.2. The van der Waals surface area contributed by atoms with Crippen LogP contribution in [0.5, 0.6) is 0 Å². The van der Waals surface area contributed by atoms with Crippen LogP contribution in [0.15, 0.2) is 47.4 Å². The summed E-state index contributed by atoms with van der Waals surface area (Å²) in [6.45, 7) is 8.42. The third-order valence-electron chi connectivity index (χ3n) is 3.89. The van der Waals surface area contributed by atoms with E-state index in [4.69, 9.17) is 4.74 Å². The number of hydrogen-bond donors (Lipinski definition) is 1. The monoisotopic (exact) mass is 386 g/mol. The number of pyridine rings is 1. The second-order valence-corrected chi connectivity index (χ2v) is 6.75. The summed E-state index contributed by atoms with van der Waals surface area (Å²) in [6, 6.07) is 3.79. The number of hydrogen-bond acceptors (Lipinski definition) is 6. The molecule has 0 fully saturated rings. The first-order chi connectivity index (χ1) is 13.0. The Balaban J connectivity index is 2.40. The van der Waals surface area contributed by atoms with Gasteiger partial charge < -0.3 is 10.1 Å². The number of hydrazone groups is 1. The second kappa shape index (κ2) is 9.99. The van der Waals surface area contributed by atoms with Crippen molar-refractivity contribution in [2.45, 2.75) is 33.8 Å². The van der Waals surface area contributed by atoms with E-state index >= 15 is 0 Å². The van der Waals surface area contributed by atoms with Gasteiger partial charge in [-0.25, -0.2) is 4.98 Å². The van der Waals surface area contributed by atoms with Gasteiger partial charge in [-0.2, -0.15) is 10.1 Å². The molecule has 1 amide bonds. The fourth-order valence-electron chi connectivity index (χ4n) is 2.45. The molecule has 6 nitrogen and oxygen atoms in total. The van der Waals surface area contributed by atoms with E-state index < -0.39 is 0 Å². The summed E-state index contributed by atoms with van der Waals surface area (Å²) in [5.74, 6) is -0.193. The number of nitrogens with one attached hydrogen (secondary N) is 1. The van der Waals surface area contributed by atoms with E-state index in [0.717, 1.165) is 22.4 Å². The van der Waals surface area contributed by atoms with E-state index in [1.807, 2.05) is 51.1 Å². The van der Waals surface area contributed by atoms with Crippen LogP contribution in [0, 0.1) is 0 Å². The minimum Gasteiger partial charge on any atom is -0.385 e. The number of allylic oxidation sites excluding steroid dienone is 2. The number of amides is 1. The topological polar surface area (TPSA) is 66.8 Å². The summed E-state index contributed by atoms with van der Waals surface area (Å²) in [5.41, 5.74) is 1.66. The maximum absolute atomic E-state index is 13.2. The molecule has 2 aromatic heterocycles. The zero-order chi connectivity index (χ0) is 19.8. The smallest absolute Gasteiger partial charge is 0.288 e. The predicted octanol–water partition coefficient (Wildman–Crippen LogP) is 4.67. The van der Waals surface area contributed by atoms with Gasteiger partial charge in [0.2, 0.25) is 0 Å². The van der Waals surface area contributed by atoms with Crippen molar-refractivity contribution in [2.24, 2.45) is 5.10 Å². The highest BCUT2D eigenvalue weighted by Crippen LogP contribution is 2.31. The Labute approximate surface area is 164 Å². The first kappa shape index (κ1) is 20.8. The molecule has 0 bridgehead atoms. The Morgan fingerprint density at radius 2 is 2.26 bits per heavy atom. The number of ether oxygens (including phenoxy) is 1. The van der Waals surface area contributed by atoms with Gasteiger partial charge in [0.05, 0.1) is 16.7 Å². The van der Waals surface area contributed by atoms with Gasteiger partial charge in [0, 0.05) is 37.1 Å². The van der Waals surface area contributed by atoms with Crippen LogP contribution < -0.4 is 5.32 Å². The van der Waals surface area contributed by atoms with E-state index in [9.17, 15) is 4.79 Å². The summed E-state index contributed by atoms with van der Waals surface area (Å²) >= 11 is 1.36. The largest absolute Gasteiger partial charge is 0.385 e. The first-order valence-electron chi connectivity index (χ1n) is 8.88. The van der Waals surface area contributed by atoms with Gasteiger partial charge in [0.25, 0.3) is 5.91 Å².